The van der Waals surface area contributed by atoms with E-state index in [1.807, 2.05) is 30.5 Å². The summed E-state index contributed by atoms with van der Waals surface area (Å²) in [5, 5.41) is 18.6. The van der Waals surface area contributed by atoms with Crippen LogP contribution in [0.3, 0.4) is 0 Å². The van der Waals surface area contributed by atoms with Crippen molar-refractivity contribution in [2.45, 2.75) is 40.0 Å². The fourth-order valence-corrected chi connectivity index (χ4v) is 3.57. The molecule has 0 unspecified atom stereocenters. The van der Waals surface area contributed by atoms with Crippen LogP contribution in [0.4, 0.5) is 11.5 Å². The normalized spacial score (nSPS) is 11.3. The fourth-order valence-electron chi connectivity index (χ4n) is 3.57. The Hall–Kier alpha value is -3.03. The predicted molar refractivity (Wildman–Crippen MR) is 123 cm³/mol. The summed E-state index contributed by atoms with van der Waals surface area (Å²) in [5.74, 6) is 2.93. The number of aromatic nitrogens is 4. The Morgan fingerprint density at radius 1 is 1.20 bits per heavy atom. The Kier molecular flexibility index (Phi) is 6.97. The van der Waals surface area contributed by atoms with Crippen molar-refractivity contribution in [1.82, 2.24) is 24.9 Å². The lowest BCUT2D eigenvalue weighted by atomic mass is 10.1. The van der Waals surface area contributed by atoms with Crippen LogP contribution in [0.1, 0.15) is 38.9 Å². The maximum atomic E-state index is 5.50. The lowest BCUT2D eigenvalue weighted by molar-refractivity contribution is 0.417. The van der Waals surface area contributed by atoms with Gasteiger partial charge in [-0.15, -0.1) is 10.2 Å². The van der Waals surface area contributed by atoms with Gasteiger partial charge in [0.05, 0.1) is 23.8 Å². The molecule has 3 rings (SSSR count). The van der Waals surface area contributed by atoms with Gasteiger partial charge in [-0.3, -0.25) is 4.40 Å². The van der Waals surface area contributed by atoms with Crippen LogP contribution in [0.25, 0.3) is 16.7 Å². The highest BCUT2D eigenvalue weighted by molar-refractivity contribution is 5.88. The molecule has 0 saturated heterocycles. The summed E-state index contributed by atoms with van der Waals surface area (Å²) in [4.78, 5) is 4.81. The lowest BCUT2D eigenvalue weighted by Crippen LogP contribution is -2.16. The summed E-state index contributed by atoms with van der Waals surface area (Å²) in [6.07, 6.45) is 3.09. The first-order valence-corrected chi connectivity index (χ1v) is 10.5. The second-order valence-corrected chi connectivity index (χ2v) is 7.92. The molecule has 0 amide bonds. The van der Waals surface area contributed by atoms with Gasteiger partial charge in [0.1, 0.15) is 11.6 Å². The number of hydrogen-bond donors (Lipinski definition) is 3. The highest BCUT2D eigenvalue weighted by Crippen LogP contribution is 2.31. The molecule has 3 aromatic rings. The third-order valence-corrected chi connectivity index (χ3v) is 5.00. The van der Waals surface area contributed by atoms with E-state index in [4.69, 9.17) is 9.72 Å². The number of methoxy groups -OCH3 is 1. The molecule has 8 nitrogen and oxygen atoms in total. The molecule has 2 aromatic heterocycles. The van der Waals surface area contributed by atoms with Crippen LogP contribution in [0.2, 0.25) is 0 Å². The first kappa shape index (κ1) is 21.7. The van der Waals surface area contributed by atoms with Gasteiger partial charge in [-0.2, -0.15) is 0 Å². The summed E-state index contributed by atoms with van der Waals surface area (Å²) in [6, 6.07) is 3.96. The number of benzene rings is 1. The van der Waals surface area contributed by atoms with E-state index < -0.39 is 0 Å². The van der Waals surface area contributed by atoms with Crippen molar-refractivity contribution in [1.29, 1.82) is 0 Å². The largest absolute Gasteiger partial charge is 0.495 e. The summed E-state index contributed by atoms with van der Waals surface area (Å²) >= 11 is 0. The number of allylic oxidation sites excluding steroid dienone is 1. The summed E-state index contributed by atoms with van der Waals surface area (Å²) in [5.41, 5.74) is 4.51. The van der Waals surface area contributed by atoms with Gasteiger partial charge in [0.2, 0.25) is 5.65 Å². The summed E-state index contributed by atoms with van der Waals surface area (Å²) < 4.78 is 7.53. The van der Waals surface area contributed by atoms with E-state index in [-0.39, 0.29) is 0 Å². The average Bonchev–Trinajstić information content (AvgIpc) is 3.11. The zero-order chi connectivity index (χ0) is 21.7. The molecule has 0 fully saturated rings. The maximum absolute atomic E-state index is 5.50. The van der Waals surface area contributed by atoms with Gasteiger partial charge in [0, 0.05) is 31.9 Å². The van der Waals surface area contributed by atoms with Gasteiger partial charge in [-0.25, -0.2) is 4.98 Å². The number of nitrogens with zero attached hydrogens (tertiary/aromatic N) is 4. The van der Waals surface area contributed by atoms with Crippen molar-refractivity contribution in [3.8, 4) is 5.75 Å². The van der Waals surface area contributed by atoms with E-state index in [0.29, 0.717) is 5.92 Å². The van der Waals surface area contributed by atoms with Gasteiger partial charge in [-0.05, 0) is 38.2 Å². The highest BCUT2D eigenvalue weighted by Gasteiger charge is 2.15. The molecule has 0 saturated carbocycles. The number of anilines is 2. The Labute approximate surface area is 178 Å². The SMILES string of the molecule is C=C(CC(C)C)NCCCCNc1nc2cc(OC)c(NC)cc2n2c(C)nnc12. The van der Waals surface area contributed by atoms with Crippen molar-refractivity contribution in [2.24, 2.45) is 5.92 Å². The second kappa shape index (κ2) is 9.65. The zero-order valence-electron chi connectivity index (χ0n) is 18.7. The van der Waals surface area contributed by atoms with Gasteiger partial charge in [-0.1, -0.05) is 20.4 Å². The third kappa shape index (κ3) is 4.75. The van der Waals surface area contributed by atoms with Gasteiger partial charge in [0.25, 0.3) is 0 Å². The van der Waals surface area contributed by atoms with E-state index in [1.54, 1.807) is 7.11 Å². The second-order valence-electron chi connectivity index (χ2n) is 7.92. The van der Waals surface area contributed by atoms with E-state index in [9.17, 15) is 0 Å². The molecule has 0 radical (unpaired) electrons. The number of nitrogens with one attached hydrogen (secondary N) is 3. The number of rotatable bonds is 11. The minimum absolute atomic E-state index is 0.627. The standard InChI is InChI=1S/C22H33N7O/c1-14(2)11-15(3)24-9-7-8-10-25-21-22-28-27-16(4)29(22)19-12-18(23-5)20(30-6)13-17(19)26-21/h12-14,23-24H,3,7-11H2,1-2,4-6H3,(H,25,26). The van der Waals surface area contributed by atoms with Crippen molar-refractivity contribution in [3.05, 3.63) is 30.2 Å². The molecule has 1 aromatic carbocycles. The molecule has 162 valence electrons. The number of aryl methyl sites for hydroxylation is 1. The molecule has 0 aliphatic carbocycles. The first-order chi connectivity index (χ1) is 14.4. The smallest absolute Gasteiger partial charge is 0.204 e. The lowest BCUT2D eigenvalue weighted by Gasteiger charge is -2.14. The quantitative estimate of drug-likeness (QED) is 0.411. The fraction of sp³-hybridized carbons (Fsp3) is 0.500. The van der Waals surface area contributed by atoms with E-state index in [2.05, 4.69) is 46.6 Å². The Bertz CT molecular complexity index is 1030. The molecule has 0 spiro atoms. The number of unbranched alkanes of at least 4 members (excludes halogenated alkanes) is 1. The Morgan fingerprint density at radius 3 is 2.67 bits per heavy atom. The number of fused-ring (bicyclic) bond motifs is 3. The molecule has 2 heterocycles. The molecular formula is C22H33N7O. The van der Waals surface area contributed by atoms with Crippen LogP contribution in [-0.4, -0.2) is 46.8 Å². The minimum atomic E-state index is 0.627. The molecule has 0 atom stereocenters. The van der Waals surface area contributed by atoms with Crippen LogP contribution in [0, 0.1) is 12.8 Å². The Balaban J connectivity index is 1.72. The molecule has 0 bridgehead atoms. The number of hydrogen-bond acceptors (Lipinski definition) is 7. The van der Waals surface area contributed by atoms with E-state index in [1.165, 1.54) is 0 Å². The van der Waals surface area contributed by atoms with Gasteiger partial charge in [0.15, 0.2) is 5.82 Å². The van der Waals surface area contributed by atoms with Gasteiger partial charge < -0.3 is 20.7 Å². The monoisotopic (exact) mass is 411 g/mol. The molecule has 0 aliphatic heterocycles. The highest BCUT2D eigenvalue weighted by atomic mass is 16.5. The van der Waals surface area contributed by atoms with Crippen molar-refractivity contribution >= 4 is 28.2 Å². The molecular weight excluding hydrogens is 378 g/mol. The van der Waals surface area contributed by atoms with Crippen molar-refractivity contribution in [3.63, 3.8) is 0 Å². The zero-order valence-corrected chi connectivity index (χ0v) is 18.7. The minimum Gasteiger partial charge on any atom is -0.495 e. The van der Waals surface area contributed by atoms with Crippen molar-refractivity contribution in [2.75, 3.05) is 37.9 Å². The molecule has 8 heteroatoms. The predicted octanol–water partition coefficient (Wildman–Crippen LogP) is 3.98. The maximum Gasteiger partial charge on any atom is 0.204 e. The van der Waals surface area contributed by atoms with E-state index in [0.717, 1.165) is 77.8 Å². The molecule has 3 N–H and O–H groups in total. The number of ether oxygens (including phenoxy) is 1. The topological polar surface area (TPSA) is 88.4 Å². The van der Waals surface area contributed by atoms with Gasteiger partial charge >= 0.3 is 0 Å². The van der Waals surface area contributed by atoms with Crippen LogP contribution >= 0.6 is 0 Å². The summed E-state index contributed by atoms with van der Waals surface area (Å²) in [6.45, 7) is 12.2. The third-order valence-electron chi connectivity index (χ3n) is 5.00. The van der Waals surface area contributed by atoms with Crippen LogP contribution < -0.4 is 20.7 Å². The Morgan fingerprint density at radius 2 is 1.97 bits per heavy atom. The first-order valence-electron chi connectivity index (χ1n) is 10.5. The van der Waals surface area contributed by atoms with Crippen LogP contribution in [-0.2, 0) is 0 Å². The van der Waals surface area contributed by atoms with Crippen LogP contribution in [0.5, 0.6) is 5.75 Å². The molecule has 30 heavy (non-hydrogen) atoms. The van der Waals surface area contributed by atoms with Crippen molar-refractivity contribution < 1.29 is 4.74 Å². The summed E-state index contributed by atoms with van der Waals surface area (Å²) in [7, 11) is 3.53. The molecule has 0 aliphatic rings. The van der Waals surface area contributed by atoms with E-state index >= 15 is 0 Å². The van der Waals surface area contributed by atoms with Crippen LogP contribution in [0.15, 0.2) is 24.4 Å². The average molecular weight is 412 g/mol.